The Kier molecular flexibility index (Phi) is 6.74. The molecular weight excluding hydrogens is 286 g/mol. The molecule has 1 fully saturated rings. The van der Waals surface area contributed by atoms with E-state index in [1.54, 1.807) is 11.4 Å². The summed E-state index contributed by atoms with van der Waals surface area (Å²) in [6.45, 7) is 0.929. The van der Waals surface area contributed by atoms with E-state index >= 15 is 0 Å². The van der Waals surface area contributed by atoms with Crippen LogP contribution in [0.4, 0.5) is 0 Å². The first kappa shape index (κ1) is 16.0. The Hall–Kier alpha value is -1.35. The zero-order valence-corrected chi connectivity index (χ0v) is 12.9. The molecule has 0 spiro atoms. The van der Waals surface area contributed by atoms with Crippen LogP contribution in [0.15, 0.2) is 11.4 Å². The largest absolute Gasteiger partial charge is 0.384 e. The minimum absolute atomic E-state index is 0.101. The van der Waals surface area contributed by atoms with E-state index in [0.717, 1.165) is 17.7 Å². The maximum absolute atomic E-state index is 11.9. The monoisotopic (exact) mass is 307 g/mol. The van der Waals surface area contributed by atoms with Crippen molar-refractivity contribution < 1.29 is 14.6 Å². The summed E-state index contributed by atoms with van der Waals surface area (Å²) >= 11 is 1.40. The van der Waals surface area contributed by atoms with Gasteiger partial charge in [0.25, 0.3) is 5.91 Å². The molecule has 0 atom stereocenters. The van der Waals surface area contributed by atoms with Crippen molar-refractivity contribution in [3.05, 3.63) is 21.9 Å². The molecule has 1 aromatic rings. The lowest BCUT2D eigenvalue weighted by molar-refractivity contribution is 0.0299. The second kappa shape index (κ2) is 8.83. The first-order valence-corrected chi connectivity index (χ1v) is 8.25. The predicted octanol–water partition coefficient (Wildman–Crippen LogP) is 2.17. The van der Waals surface area contributed by atoms with Crippen molar-refractivity contribution in [2.75, 3.05) is 19.8 Å². The molecular formula is C16H21NO3S. The average Bonchev–Trinajstić information content (AvgIpc) is 2.99. The van der Waals surface area contributed by atoms with E-state index in [0.29, 0.717) is 24.8 Å². The third-order valence-corrected chi connectivity index (χ3v) is 4.29. The lowest BCUT2D eigenvalue weighted by Crippen LogP contribution is -2.29. The number of nitrogens with one attached hydrogen (secondary N) is 1. The van der Waals surface area contributed by atoms with Gasteiger partial charge in [0.1, 0.15) is 6.61 Å². The molecule has 0 aliphatic heterocycles. The summed E-state index contributed by atoms with van der Waals surface area (Å²) < 4.78 is 5.77. The summed E-state index contributed by atoms with van der Waals surface area (Å²) in [5.74, 6) is 5.26. The molecule has 1 amide bonds. The summed E-state index contributed by atoms with van der Waals surface area (Å²) in [5.41, 5.74) is 0.611. The van der Waals surface area contributed by atoms with Gasteiger partial charge in [-0.15, -0.1) is 11.3 Å². The number of aliphatic hydroxyl groups is 1. The first-order valence-electron chi connectivity index (χ1n) is 7.37. The highest BCUT2D eigenvalue weighted by Gasteiger charge is 2.13. The van der Waals surface area contributed by atoms with Gasteiger partial charge in [-0.3, -0.25) is 4.79 Å². The predicted molar refractivity (Wildman–Crippen MR) is 83.4 cm³/mol. The number of aliphatic hydroxyl groups excluding tert-OH is 1. The Morgan fingerprint density at radius 2 is 2.24 bits per heavy atom. The van der Waals surface area contributed by atoms with Crippen molar-refractivity contribution in [2.45, 2.75) is 38.2 Å². The number of rotatable bonds is 5. The Labute approximate surface area is 129 Å². The molecule has 5 heteroatoms. The Morgan fingerprint density at radius 3 is 3.00 bits per heavy atom. The lowest BCUT2D eigenvalue weighted by atomic mass is 9.98. The van der Waals surface area contributed by atoms with Crippen LogP contribution in [0.2, 0.25) is 0 Å². The number of carbonyl (C=O) groups excluding carboxylic acids is 1. The first-order chi connectivity index (χ1) is 10.3. The van der Waals surface area contributed by atoms with Crippen molar-refractivity contribution in [3.8, 4) is 11.8 Å². The number of carbonyl (C=O) groups is 1. The van der Waals surface area contributed by atoms with Gasteiger partial charge >= 0.3 is 0 Å². The number of thiophene rings is 1. The number of hydrogen-bond donors (Lipinski definition) is 2. The summed E-state index contributed by atoms with van der Waals surface area (Å²) in [6, 6.07) is 1.74. The van der Waals surface area contributed by atoms with Gasteiger partial charge in [0.2, 0.25) is 0 Å². The van der Waals surface area contributed by atoms with E-state index < -0.39 is 0 Å². The molecule has 0 unspecified atom stereocenters. The van der Waals surface area contributed by atoms with Crippen molar-refractivity contribution in [1.29, 1.82) is 0 Å². The van der Waals surface area contributed by atoms with Gasteiger partial charge in [-0.05, 0) is 18.9 Å². The van der Waals surface area contributed by atoms with Crippen molar-refractivity contribution in [2.24, 2.45) is 0 Å². The molecule has 2 rings (SSSR count). The van der Waals surface area contributed by atoms with Gasteiger partial charge in [-0.1, -0.05) is 31.1 Å². The standard InChI is InChI=1S/C16H21NO3S/c18-9-4-7-15-11-13(12-21-15)16(19)17-8-10-20-14-5-2-1-3-6-14/h11-12,14,18H,1-3,5-6,8-10H2,(H,17,19). The van der Waals surface area contributed by atoms with Crippen LogP contribution in [-0.2, 0) is 4.74 Å². The SMILES string of the molecule is O=C(NCCOC1CCCCC1)c1csc(C#CCO)c1. The van der Waals surface area contributed by atoms with E-state index in [1.807, 2.05) is 0 Å². The van der Waals surface area contributed by atoms with Crippen LogP contribution in [-0.4, -0.2) is 36.9 Å². The molecule has 4 nitrogen and oxygen atoms in total. The molecule has 1 aliphatic carbocycles. The molecule has 0 radical (unpaired) electrons. The fourth-order valence-electron chi connectivity index (χ4n) is 2.37. The third-order valence-electron chi connectivity index (χ3n) is 3.45. The fraction of sp³-hybridized carbons (Fsp3) is 0.562. The molecule has 1 aromatic heterocycles. The molecule has 1 heterocycles. The highest BCUT2D eigenvalue weighted by Crippen LogP contribution is 2.19. The zero-order valence-electron chi connectivity index (χ0n) is 12.1. The maximum atomic E-state index is 11.9. The van der Waals surface area contributed by atoms with Crippen LogP contribution in [0.3, 0.4) is 0 Å². The van der Waals surface area contributed by atoms with Crippen LogP contribution < -0.4 is 5.32 Å². The van der Waals surface area contributed by atoms with Gasteiger partial charge in [-0.2, -0.15) is 0 Å². The van der Waals surface area contributed by atoms with Crippen LogP contribution >= 0.6 is 11.3 Å². The summed E-state index contributed by atoms with van der Waals surface area (Å²) in [5, 5.41) is 13.3. The highest BCUT2D eigenvalue weighted by molar-refractivity contribution is 7.10. The van der Waals surface area contributed by atoms with Crippen LogP contribution in [0.25, 0.3) is 0 Å². The van der Waals surface area contributed by atoms with Gasteiger partial charge in [-0.25, -0.2) is 0 Å². The highest BCUT2D eigenvalue weighted by atomic mass is 32.1. The number of hydrogen-bond acceptors (Lipinski definition) is 4. The van der Waals surface area contributed by atoms with Gasteiger partial charge in [0, 0.05) is 11.9 Å². The summed E-state index contributed by atoms with van der Waals surface area (Å²) in [7, 11) is 0. The fourth-order valence-corrected chi connectivity index (χ4v) is 3.13. The van der Waals surface area contributed by atoms with Crippen molar-refractivity contribution in [1.82, 2.24) is 5.32 Å². The summed E-state index contributed by atoms with van der Waals surface area (Å²) in [6.07, 6.45) is 6.48. The Morgan fingerprint density at radius 1 is 1.43 bits per heavy atom. The third kappa shape index (κ3) is 5.50. The summed E-state index contributed by atoms with van der Waals surface area (Å²) in [4.78, 5) is 12.7. The number of ether oxygens (including phenoxy) is 1. The van der Waals surface area contributed by atoms with Crippen molar-refractivity contribution in [3.63, 3.8) is 0 Å². The molecule has 1 saturated carbocycles. The van der Waals surface area contributed by atoms with E-state index in [1.165, 1.54) is 30.6 Å². The smallest absolute Gasteiger partial charge is 0.252 e. The molecule has 114 valence electrons. The maximum Gasteiger partial charge on any atom is 0.252 e. The van der Waals surface area contributed by atoms with Gasteiger partial charge < -0.3 is 15.2 Å². The second-order valence-electron chi connectivity index (χ2n) is 5.05. The van der Waals surface area contributed by atoms with Crippen molar-refractivity contribution >= 4 is 17.2 Å². The lowest BCUT2D eigenvalue weighted by Gasteiger charge is -2.21. The average molecular weight is 307 g/mol. The zero-order chi connectivity index (χ0) is 14.9. The molecule has 1 aliphatic rings. The molecule has 21 heavy (non-hydrogen) atoms. The topological polar surface area (TPSA) is 58.6 Å². The molecule has 0 saturated heterocycles. The van der Waals surface area contributed by atoms with Gasteiger partial charge in [0.05, 0.1) is 23.2 Å². The minimum atomic E-state index is -0.169. The Bertz CT molecular complexity index is 509. The van der Waals surface area contributed by atoms with E-state index in [-0.39, 0.29) is 12.5 Å². The van der Waals surface area contributed by atoms with E-state index in [4.69, 9.17) is 9.84 Å². The molecule has 0 bridgehead atoms. The normalized spacial score (nSPS) is 15.3. The van der Waals surface area contributed by atoms with Crippen LogP contribution in [0.1, 0.15) is 47.3 Å². The minimum Gasteiger partial charge on any atom is -0.384 e. The van der Waals surface area contributed by atoms with Gasteiger partial charge in [0.15, 0.2) is 0 Å². The molecule has 2 N–H and O–H groups in total. The van der Waals surface area contributed by atoms with Crippen LogP contribution in [0.5, 0.6) is 0 Å². The Balaban J connectivity index is 1.68. The molecule has 0 aromatic carbocycles. The van der Waals surface area contributed by atoms with E-state index in [2.05, 4.69) is 17.2 Å². The second-order valence-corrected chi connectivity index (χ2v) is 5.96. The quantitative estimate of drug-likeness (QED) is 0.647. The van der Waals surface area contributed by atoms with Crippen LogP contribution in [0, 0.1) is 11.8 Å². The number of amides is 1. The van der Waals surface area contributed by atoms with E-state index in [9.17, 15) is 4.79 Å².